The molecule has 2 aromatic rings. The van der Waals surface area contributed by atoms with Gasteiger partial charge < -0.3 is 20.4 Å². The predicted molar refractivity (Wildman–Crippen MR) is 131 cm³/mol. The van der Waals surface area contributed by atoms with Crippen LogP contribution in [-0.4, -0.2) is 63.1 Å². The zero-order valence-corrected chi connectivity index (χ0v) is 19.6. The minimum Gasteiger partial charge on any atom is -0.368 e. The van der Waals surface area contributed by atoms with Crippen molar-refractivity contribution in [3.8, 4) is 0 Å². The third-order valence-corrected chi connectivity index (χ3v) is 5.05. The predicted octanol–water partition coefficient (Wildman–Crippen LogP) is 3.09. The lowest BCUT2D eigenvalue weighted by Crippen LogP contribution is -2.53. The molecule has 2 N–H and O–H groups in total. The molecule has 156 valence electrons. The van der Waals surface area contributed by atoms with Gasteiger partial charge in [-0.2, -0.15) is 0 Å². The third kappa shape index (κ3) is 6.50. The standard InChI is InChI=1S/C21H26ClN5O.HI/c1-23-21(25-12-11-24-20(28)18-9-5-6-10-19(18)22)27-15-13-26(14-16-27)17-7-3-2-4-8-17;/h2-10H,11-16H2,1H3,(H,23,25)(H,24,28);1H. The highest BCUT2D eigenvalue weighted by molar-refractivity contribution is 14.0. The summed E-state index contributed by atoms with van der Waals surface area (Å²) in [6, 6.07) is 17.5. The molecule has 0 aliphatic carbocycles. The van der Waals surface area contributed by atoms with Crippen LogP contribution in [0.15, 0.2) is 59.6 Å². The smallest absolute Gasteiger partial charge is 0.252 e. The van der Waals surface area contributed by atoms with E-state index < -0.39 is 0 Å². The number of hydrogen-bond acceptors (Lipinski definition) is 3. The fourth-order valence-corrected chi connectivity index (χ4v) is 3.46. The molecule has 0 unspecified atom stereocenters. The summed E-state index contributed by atoms with van der Waals surface area (Å²) in [5.41, 5.74) is 1.75. The SMILES string of the molecule is CN=C(NCCNC(=O)c1ccccc1Cl)N1CCN(c2ccccc2)CC1.I. The van der Waals surface area contributed by atoms with Gasteiger partial charge in [-0.3, -0.25) is 9.79 Å². The molecular formula is C21H27ClIN5O. The van der Waals surface area contributed by atoms with Gasteiger partial charge in [-0.25, -0.2) is 0 Å². The number of nitrogens with one attached hydrogen (secondary N) is 2. The van der Waals surface area contributed by atoms with Crippen molar-refractivity contribution in [3.63, 3.8) is 0 Å². The number of rotatable bonds is 5. The maximum atomic E-state index is 12.2. The Morgan fingerprint density at radius 2 is 1.59 bits per heavy atom. The van der Waals surface area contributed by atoms with E-state index in [4.69, 9.17) is 11.6 Å². The number of benzene rings is 2. The Balaban J connectivity index is 0.00000300. The molecule has 1 amide bonds. The fourth-order valence-electron chi connectivity index (χ4n) is 3.24. The number of piperazine rings is 1. The van der Waals surface area contributed by atoms with Crippen molar-refractivity contribution in [1.29, 1.82) is 0 Å². The van der Waals surface area contributed by atoms with Crippen LogP contribution in [0.2, 0.25) is 5.02 Å². The van der Waals surface area contributed by atoms with Crippen molar-refractivity contribution in [2.45, 2.75) is 0 Å². The fraction of sp³-hybridized carbons (Fsp3) is 0.333. The van der Waals surface area contributed by atoms with E-state index in [9.17, 15) is 4.79 Å². The molecule has 1 aliphatic rings. The van der Waals surface area contributed by atoms with Gasteiger partial charge in [0.15, 0.2) is 5.96 Å². The molecule has 0 aromatic heterocycles. The number of amides is 1. The number of anilines is 1. The van der Waals surface area contributed by atoms with Gasteiger partial charge in [0, 0.05) is 52.0 Å². The Morgan fingerprint density at radius 3 is 2.24 bits per heavy atom. The first-order chi connectivity index (χ1) is 13.7. The molecule has 1 saturated heterocycles. The molecule has 29 heavy (non-hydrogen) atoms. The van der Waals surface area contributed by atoms with Gasteiger partial charge >= 0.3 is 0 Å². The van der Waals surface area contributed by atoms with Gasteiger partial charge in [0.1, 0.15) is 0 Å². The number of para-hydroxylation sites is 1. The monoisotopic (exact) mass is 527 g/mol. The van der Waals surface area contributed by atoms with Crippen LogP contribution in [0.1, 0.15) is 10.4 Å². The highest BCUT2D eigenvalue weighted by Crippen LogP contribution is 2.16. The molecule has 6 nitrogen and oxygen atoms in total. The van der Waals surface area contributed by atoms with E-state index in [1.165, 1.54) is 5.69 Å². The molecule has 0 saturated carbocycles. The van der Waals surface area contributed by atoms with Gasteiger partial charge in [-0.1, -0.05) is 41.9 Å². The number of aliphatic imine (C=N–C) groups is 1. The Morgan fingerprint density at radius 1 is 0.966 bits per heavy atom. The van der Waals surface area contributed by atoms with Crippen molar-refractivity contribution in [1.82, 2.24) is 15.5 Å². The van der Waals surface area contributed by atoms with E-state index in [0.717, 1.165) is 32.1 Å². The lowest BCUT2D eigenvalue weighted by molar-refractivity contribution is 0.0954. The molecule has 0 bridgehead atoms. The molecule has 2 aromatic carbocycles. The van der Waals surface area contributed by atoms with Crippen molar-refractivity contribution >= 4 is 53.1 Å². The Labute approximate surface area is 194 Å². The topological polar surface area (TPSA) is 60.0 Å². The lowest BCUT2D eigenvalue weighted by Gasteiger charge is -2.37. The number of carbonyl (C=O) groups excluding carboxylic acids is 1. The second-order valence-electron chi connectivity index (χ2n) is 6.52. The van der Waals surface area contributed by atoms with Gasteiger partial charge in [0.05, 0.1) is 10.6 Å². The molecule has 0 spiro atoms. The van der Waals surface area contributed by atoms with Crippen LogP contribution in [0.3, 0.4) is 0 Å². The zero-order valence-electron chi connectivity index (χ0n) is 16.5. The number of nitrogens with zero attached hydrogens (tertiary/aromatic N) is 3. The van der Waals surface area contributed by atoms with Gasteiger partial charge in [0.25, 0.3) is 5.91 Å². The number of carbonyl (C=O) groups is 1. The first-order valence-corrected chi connectivity index (χ1v) is 9.85. The second-order valence-corrected chi connectivity index (χ2v) is 6.93. The van der Waals surface area contributed by atoms with Crippen LogP contribution in [0, 0.1) is 0 Å². The molecule has 1 heterocycles. The van der Waals surface area contributed by atoms with E-state index in [1.54, 1.807) is 25.2 Å². The molecular weight excluding hydrogens is 501 g/mol. The van der Waals surface area contributed by atoms with Crippen molar-refractivity contribution in [3.05, 3.63) is 65.2 Å². The maximum Gasteiger partial charge on any atom is 0.252 e. The third-order valence-electron chi connectivity index (χ3n) is 4.72. The number of hydrogen-bond donors (Lipinski definition) is 2. The molecule has 8 heteroatoms. The summed E-state index contributed by atoms with van der Waals surface area (Å²) in [4.78, 5) is 21.2. The van der Waals surface area contributed by atoms with Crippen LogP contribution < -0.4 is 15.5 Å². The van der Waals surface area contributed by atoms with E-state index >= 15 is 0 Å². The van der Waals surface area contributed by atoms with Crippen molar-refractivity contribution < 1.29 is 4.79 Å². The van der Waals surface area contributed by atoms with Crippen LogP contribution in [0.5, 0.6) is 0 Å². The summed E-state index contributed by atoms with van der Waals surface area (Å²) >= 11 is 6.06. The first-order valence-electron chi connectivity index (χ1n) is 9.47. The number of halogens is 2. The van der Waals surface area contributed by atoms with E-state index in [1.807, 2.05) is 12.1 Å². The molecule has 0 atom stereocenters. The van der Waals surface area contributed by atoms with Crippen molar-refractivity contribution in [2.24, 2.45) is 4.99 Å². The van der Waals surface area contributed by atoms with Gasteiger partial charge in [-0.05, 0) is 24.3 Å². The summed E-state index contributed by atoms with van der Waals surface area (Å²) in [6.07, 6.45) is 0. The molecule has 1 aliphatic heterocycles. The highest BCUT2D eigenvalue weighted by atomic mass is 127. The highest BCUT2D eigenvalue weighted by Gasteiger charge is 2.19. The summed E-state index contributed by atoms with van der Waals surface area (Å²) in [6.45, 7) is 4.80. The molecule has 0 radical (unpaired) electrons. The van der Waals surface area contributed by atoms with E-state index in [-0.39, 0.29) is 29.9 Å². The minimum absolute atomic E-state index is 0. The van der Waals surface area contributed by atoms with E-state index in [2.05, 4.69) is 49.7 Å². The average molecular weight is 528 g/mol. The van der Waals surface area contributed by atoms with E-state index in [0.29, 0.717) is 23.7 Å². The summed E-state index contributed by atoms with van der Waals surface area (Å²) in [5, 5.41) is 6.67. The van der Waals surface area contributed by atoms with Crippen LogP contribution in [0.25, 0.3) is 0 Å². The summed E-state index contributed by atoms with van der Waals surface area (Å²) in [7, 11) is 1.79. The molecule has 1 fully saturated rings. The Kier molecular flexibility index (Phi) is 9.53. The van der Waals surface area contributed by atoms with Crippen LogP contribution >= 0.6 is 35.6 Å². The average Bonchev–Trinajstić information content (AvgIpc) is 2.75. The maximum absolute atomic E-state index is 12.2. The van der Waals surface area contributed by atoms with Crippen molar-refractivity contribution in [2.75, 3.05) is 51.2 Å². The quantitative estimate of drug-likeness (QED) is 0.272. The number of guanidine groups is 1. The van der Waals surface area contributed by atoms with Gasteiger partial charge in [-0.15, -0.1) is 24.0 Å². The molecule has 3 rings (SSSR count). The second kappa shape index (κ2) is 11.9. The first kappa shape index (κ1) is 23.3. The summed E-state index contributed by atoms with van der Waals surface area (Å²) < 4.78 is 0. The van der Waals surface area contributed by atoms with Crippen LogP contribution in [-0.2, 0) is 0 Å². The Bertz CT molecular complexity index is 810. The zero-order chi connectivity index (χ0) is 19.8. The summed E-state index contributed by atoms with van der Waals surface area (Å²) in [5.74, 6) is 0.693. The normalized spacial score (nSPS) is 14.2. The van der Waals surface area contributed by atoms with Crippen LogP contribution in [0.4, 0.5) is 5.69 Å². The van der Waals surface area contributed by atoms with Gasteiger partial charge in [0.2, 0.25) is 0 Å². The largest absolute Gasteiger partial charge is 0.368 e. The lowest BCUT2D eigenvalue weighted by atomic mass is 10.2. The minimum atomic E-state index is -0.168. The Hall–Kier alpha value is -2.00.